The average molecular weight is 278 g/mol. The second-order valence-corrected chi connectivity index (χ2v) is 6.02. The lowest BCUT2D eigenvalue weighted by molar-refractivity contribution is 0.216. The number of hydrogen-bond acceptors (Lipinski definition) is 2. The lowest BCUT2D eigenvalue weighted by atomic mass is 9.76. The van der Waals surface area contributed by atoms with E-state index in [0.29, 0.717) is 5.92 Å². The maximum atomic E-state index is 14.1. The Morgan fingerprint density at radius 2 is 2.05 bits per heavy atom. The highest BCUT2D eigenvalue weighted by Gasteiger charge is 2.29. The molecule has 20 heavy (non-hydrogen) atoms. The third-order valence-electron chi connectivity index (χ3n) is 4.69. The predicted molar refractivity (Wildman–Crippen MR) is 81.0 cm³/mol. The van der Waals surface area contributed by atoms with Gasteiger partial charge in [-0.05, 0) is 43.7 Å². The van der Waals surface area contributed by atoms with Crippen LogP contribution < -0.4 is 5.32 Å². The van der Waals surface area contributed by atoms with Gasteiger partial charge in [0.05, 0.1) is 6.20 Å². The molecule has 1 aromatic heterocycles. The second-order valence-electron chi connectivity index (χ2n) is 6.02. The van der Waals surface area contributed by atoms with Crippen molar-refractivity contribution in [1.82, 2.24) is 10.3 Å². The van der Waals surface area contributed by atoms with Crippen molar-refractivity contribution in [1.29, 1.82) is 0 Å². The van der Waals surface area contributed by atoms with Crippen LogP contribution in [0.1, 0.15) is 64.0 Å². The highest BCUT2D eigenvalue weighted by Crippen LogP contribution is 2.38. The van der Waals surface area contributed by atoms with Gasteiger partial charge in [-0.25, -0.2) is 4.39 Å². The van der Waals surface area contributed by atoms with Gasteiger partial charge in [-0.15, -0.1) is 0 Å². The van der Waals surface area contributed by atoms with Crippen LogP contribution in [0.3, 0.4) is 0 Å². The number of rotatable bonds is 6. The Morgan fingerprint density at radius 1 is 1.30 bits per heavy atom. The molecule has 1 aliphatic rings. The Hall–Kier alpha value is -0.960. The van der Waals surface area contributed by atoms with Gasteiger partial charge >= 0.3 is 0 Å². The van der Waals surface area contributed by atoms with Gasteiger partial charge in [0, 0.05) is 17.8 Å². The largest absolute Gasteiger partial charge is 0.310 e. The number of nitrogens with zero attached hydrogens (tertiary/aromatic N) is 1. The van der Waals surface area contributed by atoms with Crippen molar-refractivity contribution in [3.05, 3.63) is 29.8 Å². The van der Waals surface area contributed by atoms with E-state index in [-0.39, 0.29) is 11.9 Å². The van der Waals surface area contributed by atoms with Crippen LogP contribution in [0.5, 0.6) is 0 Å². The summed E-state index contributed by atoms with van der Waals surface area (Å²) in [4.78, 5) is 3.88. The molecule has 2 rings (SSSR count). The monoisotopic (exact) mass is 278 g/mol. The summed E-state index contributed by atoms with van der Waals surface area (Å²) in [5.74, 6) is 1.26. The standard InChI is InChI=1S/C17H27FN2/c1-3-10-20-17(15-9-11-19-12-16(15)18)14-7-5-13(4-2)6-8-14/h9,11-14,17,20H,3-8,10H2,1-2H3. The fraction of sp³-hybridized carbons (Fsp3) is 0.706. The van der Waals surface area contributed by atoms with E-state index in [9.17, 15) is 4.39 Å². The van der Waals surface area contributed by atoms with Crippen molar-refractivity contribution in [2.75, 3.05) is 6.54 Å². The maximum absolute atomic E-state index is 14.1. The van der Waals surface area contributed by atoms with Gasteiger partial charge in [-0.3, -0.25) is 4.98 Å². The number of aromatic nitrogens is 1. The van der Waals surface area contributed by atoms with E-state index in [1.807, 2.05) is 6.07 Å². The van der Waals surface area contributed by atoms with Crippen LogP contribution in [0.4, 0.5) is 4.39 Å². The molecule has 1 aliphatic carbocycles. The van der Waals surface area contributed by atoms with Crippen LogP contribution in [0.15, 0.2) is 18.5 Å². The van der Waals surface area contributed by atoms with Crippen molar-refractivity contribution < 1.29 is 4.39 Å². The zero-order valence-electron chi connectivity index (χ0n) is 12.7. The van der Waals surface area contributed by atoms with Crippen LogP contribution in [-0.2, 0) is 0 Å². The third-order valence-corrected chi connectivity index (χ3v) is 4.69. The van der Waals surface area contributed by atoms with Gasteiger partial charge in [-0.2, -0.15) is 0 Å². The Bertz CT molecular complexity index is 400. The normalized spacial score (nSPS) is 24.6. The number of nitrogens with one attached hydrogen (secondary N) is 1. The molecule has 3 heteroatoms. The van der Waals surface area contributed by atoms with Gasteiger partial charge < -0.3 is 5.32 Å². The van der Waals surface area contributed by atoms with Crippen LogP contribution >= 0.6 is 0 Å². The zero-order valence-corrected chi connectivity index (χ0v) is 12.7. The number of hydrogen-bond donors (Lipinski definition) is 1. The van der Waals surface area contributed by atoms with Gasteiger partial charge in [0.25, 0.3) is 0 Å². The van der Waals surface area contributed by atoms with Crippen LogP contribution in [0.2, 0.25) is 0 Å². The molecular weight excluding hydrogens is 251 g/mol. The molecule has 1 fully saturated rings. The van der Waals surface area contributed by atoms with E-state index in [0.717, 1.165) is 24.4 Å². The summed E-state index contributed by atoms with van der Waals surface area (Å²) in [6.45, 7) is 5.38. The van der Waals surface area contributed by atoms with Gasteiger partial charge in [0.15, 0.2) is 0 Å². The maximum Gasteiger partial charge on any atom is 0.146 e. The molecule has 0 aromatic carbocycles. The molecule has 0 radical (unpaired) electrons. The summed E-state index contributed by atoms with van der Waals surface area (Å²) in [7, 11) is 0. The molecule has 0 spiro atoms. The van der Waals surface area contributed by atoms with Crippen molar-refractivity contribution in [2.24, 2.45) is 11.8 Å². The van der Waals surface area contributed by atoms with Crippen molar-refractivity contribution in [3.8, 4) is 0 Å². The first-order valence-corrected chi connectivity index (χ1v) is 8.09. The van der Waals surface area contributed by atoms with Crippen LogP contribution in [0, 0.1) is 17.7 Å². The molecule has 112 valence electrons. The summed E-state index contributed by atoms with van der Waals surface area (Å²) < 4.78 is 14.1. The molecule has 0 bridgehead atoms. The molecule has 1 heterocycles. The molecule has 2 nitrogen and oxygen atoms in total. The van der Waals surface area contributed by atoms with Crippen molar-refractivity contribution >= 4 is 0 Å². The summed E-state index contributed by atoms with van der Waals surface area (Å²) >= 11 is 0. The summed E-state index contributed by atoms with van der Waals surface area (Å²) in [6.07, 6.45) is 10.4. The SMILES string of the molecule is CCCNC(c1ccncc1F)C1CCC(CC)CC1. The topological polar surface area (TPSA) is 24.9 Å². The number of halogens is 1. The minimum absolute atomic E-state index is 0.149. The van der Waals surface area contributed by atoms with Gasteiger partial charge in [0.1, 0.15) is 5.82 Å². The Labute approximate surface area is 122 Å². The smallest absolute Gasteiger partial charge is 0.146 e. The summed E-state index contributed by atoms with van der Waals surface area (Å²) in [5, 5.41) is 3.56. The molecule has 1 atom stereocenters. The number of pyridine rings is 1. The Morgan fingerprint density at radius 3 is 2.65 bits per heavy atom. The summed E-state index contributed by atoms with van der Waals surface area (Å²) in [5.41, 5.74) is 0.799. The van der Waals surface area contributed by atoms with Gasteiger partial charge in [0.2, 0.25) is 0 Å². The van der Waals surface area contributed by atoms with Crippen LogP contribution in [-0.4, -0.2) is 11.5 Å². The van der Waals surface area contributed by atoms with E-state index in [2.05, 4.69) is 24.1 Å². The first kappa shape index (κ1) is 15.4. The molecule has 1 N–H and O–H groups in total. The first-order chi connectivity index (χ1) is 9.76. The second kappa shape index (κ2) is 7.72. The lowest BCUT2D eigenvalue weighted by Gasteiger charge is -2.34. The minimum Gasteiger partial charge on any atom is -0.310 e. The highest BCUT2D eigenvalue weighted by atomic mass is 19.1. The summed E-state index contributed by atoms with van der Waals surface area (Å²) in [6, 6.07) is 1.99. The quantitative estimate of drug-likeness (QED) is 0.830. The molecule has 0 aliphatic heterocycles. The molecule has 1 aromatic rings. The Kier molecular flexibility index (Phi) is 5.96. The first-order valence-electron chi connectivity index (χ1n) is 8.09. The van der Waals surface area contributed by atoms with E-state index in [1.165, 1.54) is 38.3 Å². The lowest BCUT2D eigenvalue weighted by Crippen LogP contribution is -2.32. The fourth-order valence-corrected chi connectivity index (χ4v) is 3.40. The van der Waals surface area contributed by atoms with E-state index in [4.69, 9.17) is 0 Å². The third kappa shape index (κ3) is 3.78. The van der Waals surface area contributed by atoms with Gasteiger partial charge in [-0.1, -0.05) is 33.1 Å². The van der Waals surface area contributed by atoms with Crippen LogP contribution in [0.25, 0.3) is 0 Å². The van der Waals surface area contributed by atoms with E-state index < -0.39 is 0 Å². The molecule has 1 saturated carbocycles. The average Bonchev–Trinajstić information content (AvgIpc) is 2.50. The highest BCUT2D eigenvalue weighted by molar-refractivity contribution is 5.18. The van der Waals surface area contributed by atoms with E-state index >= 15 is 0 Å². The molecule has 0 amide bonds. The molecular formula is C17H27FN2. The fourth-order valence-electron chi connectivity index (χ4n) is 3.40. The zero-order chi connectivity index (χ0) is 14.4. The molecule has 1 unspecified atom stereocenters. The van der Waals surface area contributed by atoms with Crippen molar-refractivity contribution in [2.45, 2.75) is 58.4 Å². The Balaban J connectivity index is 2.10. The van der Waals surface area contributed by atoms with E-state index in [1.54, 1.807) is 6.20 Å². The predicted octanol–water partition coefficient (Wildman–Crippen LogP) is 4.48. The van der Waals surface area contributed by atoms with Crippen molar-refractivity contribution in [3.63, 3.8) is 0 Å². The minimum atomic E-state index is -0.168. The molecule has 0 saturated heterocycles.